The van der Waals surface area contributed by atoms with Crippen molar-refractivity contribution in [2.45, 2.75) is 59.6 Å². The van der Waals surface area contributed by atoms with Gasteiger partial charge in [0, 0.05) is 18.8 Å². The summed E-state index contributed by atoms with van der Waals surface area (Å²) in [5, 5.41) is 3.62. The SMILES string of the molecule is COC(C)(C)CC(C)Nc1c(C)cc(C)cc1C. The fraction of sp³-hybridized carbons (Fsp3) is 0.625. The first-order valence-corrected chi connectivity index (χ1v) is 6.64. The summed E-state index contributed by atoms with van der Waals surface area (Å²) >= 11 is 0. The van der Waals surface area contributed by atoms with Crippen LogP contribution < -0.4 is 5.32 Å². The first-order valence-electron chi connectivity index (χ1n) is 6.64. The molecule has 1 N–H and O–H groups in total. The van der Waals surface area contributed by atoms with Gasteiger partial charge in [0.1, 0.15) is 0 Å². The van der Waals surface area contributed by atoms with E-state index in [4.69, 9.17) is 4.74 Å². The molecular formula is C16H27NO. The molecule has 1 aromatic carbocycles. The van der Waals surface area contributed by atoms with Crippen LogP contribution in [0.1, 0.15) is 43.9 Å². The van der Waals surface area contributed by atoms with Gasteiger partial charge in [0.15, 0.2) is 0 Å². The van der Waals surface area contributed by atoms with E-state index in [1.807, 2.05) is 0 Å². The monoisotopic (exact) mass is 249 g/mol. The molecule has 18 heavy (non-hydrogen) atoms. The van der Waals surface area contributed by atoms with Crippen LogP contribution in [-0.2, 0) is 4.74 Å². The van der Waals surface area contributed by atoms with Crippen LogP contribution in [-0.4, -0.2) is 18.8 Å². The van der Waals surface area contributed by atoms with Gasteiger partial charge < -0.3 is 10.1 Å². The van der Waals surface area contributed by atoms with Crippen molar-refractivity contribution in [2.24, 2.45) is 0 Å². The molecule has 0 aliphatic rings. The van der Waals surface area contributed by atoms with Gasteiger partial charge in [-0.15, -0.1) is 0 Å². The average Bonchev–Trinajstić information content (AvgIpc) is 2.22. The topological polar surface area (TPSA) is 21.3 Å². The number of nitrogens with one attached hydrogen (secondary N) is 1. The molecular weight excluding hydrogens is 222 g/mol. The third kappa shape index (κ3) is 4.02. The Bertz CT molecular complexity index is 387. The first kappa shape index (κ1) is 15.0. The summed E-state index contributed by atoms with van der Waals surface area (Å²) in [6.45, 7) is 12.9. The maximum absolute atomic E-state index is 5.49. The average molecular weight is 249 g/mol. The van der Waals surface area contributed by atoms with Crippen molar-refractivity contribution in [3.63, 3.8) is 0 Å². The van der Waals surface area contributed by atoms with Crippen LogP contribution in [0.5, 0.6) is 0 Å². The van der Waals surface area contributed by atoms with Gasteiger partial charge in [0.25, 0.3) is 0 Å². The zero-order valence-electron chi connectivity index (χ0n) is 12.8. The number of aryl methyl sites for hydroxylation is 3. The summed E-state index contributed by atoms with van der Waals surface area (Å²) in [6, 6.07) is 4.84. The number of methoxy groups -OCH3 is 1. The van der Waals surface area contributed by atoms with E-state index in [1.54, 1.807) is 7.11 Å². The zero-order chi connectivity index (χ0) is 13.9. The fourth-order valence-electron chi connectivity index (χ4n) is 2.53. The Hall–Kier alpha value is -1.02. The minimum atomic E-state index is -0.0844. The van der Waals surface area contributed by atoms with Crippen LogP contribution in [0.4, 0.5) is 5.69 Å². The fourth-order valence-corrected chi connectivity index (χ4v) is 2.53. The van der Waals surface area contributed by atoms with E-state index in [9.17, 15) is 0 Å². The third-order valence-electron chi connectivity index (χ3n) is 3.42. The van der Waals surface area contributed by atoms with Crippen molar-refractivity contribution < 1.29 is 4.74 Å². The van der Waals surface area contributed by atoms with Crippen LogP contribution in [0.15, 0.2) is 12.1 Å². The van der Waals surface area contributed by atoms with Gasteiger partial charge in [-0.1, -0.05) is 17.7 Å². The van der Waals surface area contributed by atoms with Crippen LogP contribution in [0, 0.1) is 20.8 Å². The molecule has 0 radical (unpaired) electrons. The summed E-state index contributed by atoms with van der Waals surface area (Å²) in [5.74, 6) is 0. The van der Waals surface area contributed by atoms with E-state index < -0.39 is 0 Å². The molecule has 0 bridgehead atoms. The van der Waals surface area contributed by atoms with Crippen LogP contribution in [0.25, 0.3) is 0 Å². The number of anilines is 1. The summed E-state index contributed by atoms with van der Waals surface area (Å²) in [5.41, 5.74) is 5.13. The molecule has 2 nitrogen and oxygen atoms in total. The molecule has 0 fully saturated rings. The number of hydrogen-bond donors (Lipinski definition) is 1. The van der Waals surface area contributed by atoms with E-state index in [0.717, 1.165) is 6.42 Å². The highest BCUT2D eigenvalue weighted by Crippen LogP contribution is 2.25. The van der Waals surface area contributed by atoms with Crippen LogP contribution in [0.2, 0.25) is 0 Å². The molecule has 0 saturated heterocycles. The number of rotatable bonds is 5. The molecule has 0 spiro atoms. The molecule has 0 amide bonds. The minimum Gasteiger partial charge on any atom is -0.382 e. The first-order chi connectivity index (χ1) is 8.25. The molecule has 0 aliphatic heterocycles. The Kier molecular flexibility index (Phi) is 4.80. The third-order valence-corrected chi connectivity index (χ3v) is 3.42. The quantitative estimate of drug-likeness (QED) is 0.843. The van der Waals surface area contributed by atoms with Gasteiger partial charge in [-0.3, -0.25) is 0 Å². The molecule has 0 heterocycles. The second-order valence-corrected chi connectivity index (χ2v) is 5.99. The lowest BCUT2D eigenvalue weighted by Gasteiger charge is -2.28. The van der Waals surface area contributed by atoms with Gasteiger partial charge in [-0.05, 0) is 59.1 Å². The standard InChI is InChI=1S/C16H27NO/c1-11-8-12(2)15(13(3)9-11)17-14(4)10-16(5,6)18-7/h8-9,14,17H,10H2,1-7H3. The van der Waals surface area contributed by atoms with Crippen molar-refractivity contribution in [1.82, 2.24) is 0 Å². The van der Waals surface area contributed by atoms with Crippen LogP contribution in [0.3, 0.4) is 0 Å². The van der Waals surface area contributed by atoms with E-state index in [0.29, 0.717) is 6.04 Å². The predicted molar refractivity (Wildman–Crippen MR) is 79.4 cm³/mol. The van der Waals surface area contributed by atoms with Gasteiger partial charge in [-0.25, -0.2) is 0 Å². The lowest BCUT2D eigenvalue weighted by atomic mass is 9.98. The highest BCUT2D eigenvalue weighted by atomic mass is 16.5. The van der Waals surface area contributed by atoms with Gasteiger partial charge in [0.05, 0.1) is 5.60 Å². The van der Waals surface area contributed by atoms with E-state index in [2.05, 4.69) is 59.0 Å². The summed E-state index contributed by atoms with van der Waals surface area (Å²) in [4.78, 5) is 0. The van der Waals surface area contributed by atoms with Crippen molar-refractivity contribution >= 4 is 5.69 Å². The Labute approximate surface area is 112 Å². The molecule has 0 aromatic heterocycles. The highest BCUT2D eigenvalue weighted by Gasteiger charge is 2.20. The van der Waals surface area contributed by atoms with Gasteiger partial charge in [0.2, 0.25) is 0 Å². The second kappa shape index (κ2) is 5.75. The molecule has 1 unspecified atom stereocenters. The largest absolute Gasteiger partial charge is 0.382 e. The minimum absolute atomic E-state index is 0.0844. The van der Waals surface area contributed by atoms with Gasteiger partial charge in [-0.2, -0.15) is 0 Å². The van der Waals surface area contributed by atoms with Crippen molar-refractivity contribution in [1.29, 1.82) is 0 Å². The Morgan fingerprint density at radius 1 is 1.17 bits per heavy atom. The van der Waals surface area contributed by atoms with Crippen molar-refractivity contribution in [3.05, 3.63) is 28.8 Å². The molecule has 1 rings (SSSR count). The highest BCUT2D eigenvalue weighted by molar-refractivity contribution is 5.58. The maximum Gasteiger partial charge on any atom is 0.0642 e. The molecule has 1 atom stereocenters. The molecule has 0 saturated carbocycles. The Morgan fingerprint density at radius 3 is 2.11 bits per heavy atom. The van der Waals surface area contributed by atoms with Crippen molar-refractivity contribution in [2.75, 3.05) is 12.4 Å². The van der Waals surface area contributed by atoms with E-state index >= 15 is 0 Å². The number of benzene rings is 1. The second-order valence-electron chi connectivity index (χ2n) is 5.99. The van der Waals surface area contributed by atoms with Crippen LogP contribution >= 0.6 is 0 Å². The smallest absolute Gasteiger partial charge is 0.0642 e. The summed E-state index contributed by atoms with van der Waals surface area (Å²) < 4.78 is 5.49. The van der Waals surface area contributed by atoms with E-state index in [1.165, 1.54) is 22.4 Å². The predicted octanol–water partition coefficient (Wildman–Crippen LogP) is 4.23. The number of hydrogen-bond acceptors (Lipinski definition) is 2. The summed E-state index contributed by atoms with van der Waals surface area (Å²) in [6.07, 6.45) is 0.982. The molecule has 102 valence electrons. The lowest BCUT2D eigenvalue weighted by Crippen LogP contribution is -2.31. The molecule has 2 heteroatoms. The van der Waals surface area contributed by atoms with E-state index in [-0.39, 0.29) is 5.60 Å². The van der Waals surface area contributed by atoms with Crippen molar-refractivity contribution in [3.8, 4) is 0 Å². The summed E-state index contributed by atoms with van der Waals surface area (Å²) in [7, 11) is 1.77. The lowest BCUT2D eigenvalue weighted by molar-refractivity contribution is 0.0128. The number of ether oxygens (including phenoxy) is 1. The Morgan fingerprint density at radius 2 is 1.67 bits per heavy atom. The maximum atomic E-state index is 5.49. The Balaban J connectivity index is 2.79. The molecule has 1 aromatic rings. The molecule has 0 aliphatic carbocycles. The zero-order valence-corrected chi connectivity index (χ0v) is 12.8. The normalized spacial score (nSPS) is 13.5. The van der Waals surface area contributed by atoms with Gasteiger partial charge >= 0.3 is 0 Å².